The van der Waals surface area contributed by atoms with Crippen LogP contribution in [0.1, 0.15) is 46.8 Å². The van der Waals surface area contributed by atoms with Crippen molar-refractivity contribution >= 4 is 27.3 Å². The Bertz CT molecular complexity index is 942. The van der Waals surface area contributed by atoms with Gasteiger partial charge >= 0.3 is 0 Å². The summed E-state index contributed by atoms with van der Waals surface area (Å²) in [6.45, 7) is 5.00. The van der Waals surface area contributed by atoms with Crippen LogP contribution >= 0.6 is 11.3 Å². The standard InChI is InChI=1S/C21H23N3O2S/c1-13-10-24(11-16-8-15-4-2-3-5-20(15)27-16)12-18(13)22-21(25)17-9-19(26-23-17)14-6-7-14/h2-5,8-9,13-14,18H,6-7,10-12H2,1H3,(H,22,25). The molecular weight excluding hydrogens is 358 g/mol. The molecule has 1 N–H and O–H groups in total. The van der Waals surface area contributed by atoms with Crippen molar-refractivity contribution in [2.75, 3.05) is 13.1 Å². The van der Waals surface area contributed by atoms with Gasteiger partial charge in [0.05, 0.1) is 0 Å². The summed E-state index contributed by atoms with van der Waals surface area (Å²) in [6, 6.07) is 12.7. The summed E-state index contributed by atoms with van der Waals surface area (Å²) in [5, 5.41) is 8.43. The van der Waals surface area contributed by atoms with Crippen LogP contribution in [0, 0.1) is 5.92 Å². The minimum absolute atomic E-state index is 0.119. The molecule has 0 bridgehead atoms. The molecule has 1 aromatic carbocycles. The smallest absolute Gasteiger partial charge is 0.273 e. The predicted molar refractivity (Wildman–Crippen MR) is 106 cm³/mol. The van der Waals surface area contributed by atoms with Crippen molar-refractivity contribution in [2.45, 2.75) is 38.3 Å². The fourth-order valence-corrected chi connectivity index (χ4v) is 5.03. The highest BCUT2D eigenvalue weighted by Gasteiger charge is 2.33. The average molecular weight is 382 g/mol. The zero-order chi connectivity index (χ0) is 18.4. The molecular formula is C21H23N3O2S. The van der Waals surface area contributed by atoms with E-state index in [-0.39, 0.29) is 11.9 Å². The van der Waals surface area contributed by atoms with Gasteiger partial charge in [-0.3, -0.25) is 9.69 Å². The number of rotatable bonds is 5. The number of carbonyl (C=O) groups excluding carboxylic acids is 1. The zero-order valence-electron chi connectivity index (χ0n) is 15.4. The molecule has 3 aromatic rings. The quantitative estimate of drug-likeness (QED) is 0.725. The van der Waals surface area contributed by atoms with Gasteiger partial charge in [0.1, 0.15) is 5.76 Å². The molecule has 3 heterocycles. The van der Waals surface area contributed by atoms with Gasteiger partial charge in [0.2, 0.25) is 0 Å². The van der Waals surface area contributed by atoms with Gasteiger partial charge in [-0.2, -0.15) is 0 Å². The Balaban J connectivity index is 1.21. The van der Waals surface area contributed by atoms with Crippen LogP contribution in [0.4, 0.5) is 0 Å². The fourth-order valence-electron chi connectivity index (χ4n) is 3.92. The number of benzene rings is 1. The van der Waals surface area contributed by atoms with Crippen molar-refractivity contribution in [3.63, 3.8) is 0 Å². The largest absolute Gasteiger partial charge is 0.360 e. The van der Waals surface area contributed by atoms with Crippen LogP contribution in [0.25, 0.3) is 10.1 Å². The molecule has 0 spiro atoms. The second-order valence-electron chi connectivity index (χ2n) is 7.89. The third kappa shape index (κ3) is 3.51. The van der Waals surface area contributed by atoms with Crippen LogP contribution in [0.2, 0.25) is 0 Å². The molecule has 140 valence electrons. The molecule has 0 radical (unpaired) electrons. The van der Waals surface area contributed by atoms with E-state index in [4.69, 9.17) is 4.52 Å². The Kier molecular flexibility index (Phi) is 4.25. The van der Waals surface area contributed by atoms with Gasteiger partial charge in [-0.25, -0.2) is 0 Å². The highest BCUT2D eigenvalue weighted by molar-refractivity contribution is 7.19. The fraction of sp³-hybridized carbons (Fsp3) is 0.429. The SMILES string of the molecule is CC1CN(Cc2cc3ccccc3s2)CC1NC(=O)c1cc(C2CC2)on1. The molecule has 2 unspecified atom stereocenters. The van der Waals surface area contributed by atoms with Crippen LogP contribution in [0.15, 0.2) is 40.9 Å². The normalized spacial score (nSPS) is 23.1. The van der Waals surface area contributed by atoms with E-state index in [2.05, 4.69) is 52.6 Å². The van der Waals surface area contributed by atoms with Crippen LogP contribution in [-0.4, -0.2) is 35.1 Å². The first-order valence-corrected chi connectivity index (χ1v) is 10.4. The van der Waals surface area contributed by atoms with Crippen LogP contribution in [-0.2, 0) is 6.54 Å². The summed E-state index contributed by atoms with van der Waals surface area (Å²) in [4.78, 5) is 16.3. The first kappa shape index (κ1) is 17.0. The van der Waals surface area contributed by atoms with E-state index in [1.54, 1.807) is 0 Å². The van der Waals surface area contributed by atoms with Gasteiger partial charge in [-0.05, 0) is 36.3 Å². The lowest BCUT2D eigenvalue weighted by atomic mass is 10.1. The second kappa shape index (κ2) is 6.77. The van der Waals surface area contributed by atoms with Gasteiger partial charge in [0, 0.05) is 47.2 Å². The molecule has 2 aliphatic rings. The first-order chi connectivity index (χ1) is 13.2. The summed E-state index contributed by atoms with van der Waals surface area (Å²) < 4.78 is 6.65. The number of nitrogens with zero attached hydrogens (tertiary/aromatic N) is 2. The van der Waals surface area contributed by atoms with Gasteiger partial charge in [0.25, 0.3) is 5.91 Å². The van der Waals surface area contributed by atoms with E-state index in [0.29, 0.717) is 17.5 Å². The molecule has 5 rings (SSSR count). The number of aromatic nitrogens is 1. The lowest BCUT2D eigenvalue weighted by Crippen LogP contribution is -2.39. The van der Waals surface area contributed by atoms with Gasteiger partial charge in [-0.1, -0.05) is 30.3 Å². The highest BCUT2D eigenvalue weighted by Crippen LogP contribution is 2.40. The van der Waals surface area contributed by atoms with Crippen molar-refractivity contribution < 1.29 is 9.32 Å². The summed E-state index contributed by atoms with van der Waals surface area (Å²) >= 11 is 1.86. The van der Waals surface area contributed by atoms with E-state index < -0.39 is 0 Å². The van der Waals surface area contributed by atoms with E-state index in [1.807, 2.05) is 17.4 Å². The van der Waals surface area contributed by atoms with Gasteiger partial charge in [-0.15, -0.1) is 11.3 Å². The average Bonchev–Trinajstić information content (AvgIpc) is 3.09. The van der Waals surface area contributed by atoms with Crippen molar-refractivity contribution in [3.8, 4) is 0 Å². The highest BCUT2D eigenvalue weighted by atomic mass is 32.1. The third-order valence-corrected chi connectivity index (χ3v) is 6.70. The minimum atomic E-state index is -0.119. The third-order valence-electron chi connectivity index (χ3n) is 5.60. The molecule has 1 aliphatic carbocycles. The molecule has 1 amide bonds. The maximum Gasteiger partial charge on any atom is 0.273 e. The lowest BCUT2D eigenvalue weighted by Gasteiger charge is -2.16. The van der Waals surface area contributed by atoms with Gasteiger partial charge < -0.3 is 9.84 Å². The molecule has 5 nitrogen and oxygen atoms in total. The predicted octanol–water partition coefficient (Wildman–Crippen LogP) is 4.02. The van der Waals surface area contributed by atoms with Crippen molar-refractivity contribution in [3.05, 3.63) is 52.7 Å². The Labute approximate surface area is 162 Å². The summed E-state index contributed by atoms with van der Waals surface area (Å²) in [5.74, 6) is 1.62. The van der Waals surface area contributed by atoms with Gasteiger partial charge in [0.15, 0.2) is 5.69 Å². The number of fused-ring (bicyclic) bond motifs is 1. The number of nitrogens with one attached hydrogen (secondary N) is 1. The molecule has 6 heteroatoms. The Morgan fingerprint density at radius 2 is 2.15 bits per heavy atom. The van der Waals surface area contributed by atoms with E-state index in [9.17, 15) is 4.79 Å². The molecule has 2 atom stereocenters. The minimum Gasteiger partial charge on any atom is -0.360 e. The number of likely N-dealkylation sites (tertiary alicyclic amines) is 1. The number of hydrogen-bond donors (Lipinski definition) is 1. The Hall–Kier alpha value is -2.18. The molecule has 1 aliphatic heterocycles. The van der Waals surface area contributed by atoms with Crippen molar-refractivity contribution in [1.29, 1.82) is 0 Å². The van der Waals surface area contributed by atoms with Crippen molar-refractivity contribution in [1.82, 2.24) is 15.4 Å². The Morgan fingerprint density at radius 1 is 1.30 bits per heavy atom. The maximum atomic E-state index is 12.5. The summed E-state index contributed by atoms with van der Waals surface area (Å²) in [7, 11) is 0. The maximum absolute atomic E-state index is 12.5. The summed E-state index contributed by atoms with van der Waals surface area (Å²) in [6.07, 6.45) is 2.28. The topological polar surface area (TPSA) is 58.4 Å². The number of hydrogen-bond acceptors (Lipinski definition) is 5. The molecule has 2 aromatic heterocycles. The molecule has 27 heavy (non-hydrogen) atoms. The Morgan fingerprint density at radius 3 is 2.96 bits per heavy atom. The zero-order valence-corrected chi connectivity index (χ0v) is 16.2. The van der Waals surface area contributed by atoms with E-state index in [0.717, 1.165) is 38.2 Å². The van der Waals surface area contributed by atoms with Crippen LogP contribution in [0.5, 0.6) is 0 Å². The number of thiophene rings is 1. The van der Waals surface area contributed by atoms with E-state index in [1.165, 1.54) is 15.0 Å². The molecule has 2 fully saturated rings. The number of carbonyl (C=O) groups is 1. The molecule has 1 saturated heterocycles. The first-order valence-electron chi connectivity index (χ1n) is 9.63. The monoisotopic (exact) mass is 381 g/mol. The van der Waals surface area contributed by atoms with E-state index >= 15 is 0 Å². The van der Waals surface area contributed by atoms with Crippen LogP contribution in [0.3, 0.4) is 0 Å². The lowest BCUT2D eigenvalue weighted by molar-refractivity contribution is 0.0922. The second-order valence-corrected chi connectivity index (χ2v) is 9.06. The van der Waals surface area contributed by atoms with Crippen LogP contribution < -0.4 is 5.32 Å². The summed E-state index contributed by atoms with van der Waals surface area (Å²) in [5.41, 5.74) is 0.409. The number of amides is 1. The van der Waals surface area contributed by atoms with Crippen molar-refractivity contribution in [2.24, 2.45) is 5.92 Å². The molecule has 1 saturated carbocycles.